The third kappa shape index (κ3) is 4.02. The first-order valence-electron chi connectivity index (χ1n) is 11.7. The van der Waals surface area contributed by atoms with Crippen molar-refractivity contribution in [3.8, 4) is 23.0 Å². The summed E-state index contributed by atoms with van der Waals surface area (Å²) in [7, 11) is 1.64. The minimum Gasteiger partial charge on any atom is -0.497 e. The molecule has 4 atom stereocenters. The summed E-state index contributed by atoms with van der Waals surface area (Å²) in [6, 6.07) is 11.4. The number of halogens is 1. The minimum absolute atomic E-state index is 0.507. The van der Waals surface area contributed by atoms with E-state index in [0.29, 0.717) is 60.6 Å². The van der Waals surface area contributed by atoms with Gasteiger partial charge in [0, 0.05) is 37.1 Å². The van der Waals surface area contributed by atoms with E-state index in [0.717, 1.165) is 41.1 Å². The Labute approximate surface area is 203 Å². The van der Waals surface area contributed by atoms with E-state index in [1.807, 2.05) is 36.4 Å². The molecule has 1 aromatic heterocycles. The molecule has 34 heavy (non-hydrogen) atoms. The number of aliphatic hydroxyl groups is 1. The Morgan fingerprint density at radius 2 is 1.91 bits per heavy atom. The van der Waals surface area contributed by atoms with E-state index in [1.165, 1.54) is 0 Å². The number of fused-ring (bicyclic) bond motifs is 3. The molecule has 3 heterocycles. The van der Waals surface area contributed by atoms with Gasteiger partial charge in [-0.05, 0) is 47.7 Å². The molecule has 0 spiro atoms. The first-order chi connectivity index (χ1) is 16.6. The van der Waals surface area contributed by atoms with Crippen molar-refractivity contribution in [2.45, 2.75) is 6.10 Å². The van der Waals surface area contributed by atoms with Gasteiger partial charge in [0.25, 0.3) is 0 Å². The third-order valence-corrected chi connectivity index (χ3v) is 7.50. The zero-order valence-electron chi connectivity index (χ0n) is 18.9. The quantitative estimate of drug-likeness (QED) is 0.546. The molecular weight excluding hydrogens is 456 g/mol. The van der Waals surface area contributed by atoms with Gasteiger partial charge in [0.05, 0.1) is 25.3 Å². The van der Waals surface area contributed by atoms with Crippen LogP contribution in [0.4, 0.5) is 0 Å². The first-order valence-corrected chi connectivity index (χ1v) is 12.0. The number of ether oxygens (including phenoxy) is 4. The number of hydrogen-bond acceptors (Lipinski definition) is 7. The first kappa shape index (κ1) is 21.8. The second-order valence-corrected chi connectivity index (χ2v) is 9.67. The Hall–Kier alpha value is -2.74. The van der Waals surface area contributed by atoms with Gasteiger partial charge >= 0.3 is 0 Å². The van der Waals surface area contributed by atoms with E-state index in [2.05, 4.69) is 9.88 Å². The highest BCUT2D eigenvalue weighted by atomic mass is 35.5. The van der Waals surface area contributed by atoms with Crippen molar-refractivity contribution < 1.29 is 24.1 Å². The molecule has 7 nitrogen and oxygen atoms in total. The predicted octanol–water partition coefficient (Wildman–Crippen LogP) is 3.96. The van der Waals surface area contributed by atoms with Crippen molar-refractivity contribution in [3.05, 3.63) is 53.2 Å². The fourth-order valence-electron chi connectivity index (χ4n) is 5.33. The topological polar surface area (TPSA) is 73.3 Å². The largest absolute Gasteiger partial charge is 0.497 e. The smallest absolute Gasteiger partial charge is 0.161 e. The molecule has 0 bridgehead atoms. The molecule has 0 radical (unpaired) electrons. The van der Waals surface area contributed by atoms with Crippen LogP contribution in [-0.2, 0) is 0 Å². The van der Waals surface area contributed by atoms with Gasteiger partial charge in [0.2, 0.25) is 0 Å². The zero-order valence-corrected chi connectivity index (χ0v) is 19.7. The van der Waals surface area contributed by atoms with Gasteiger partial charge in [-0.2, -0.15) is 0 Å². The van der Waals surface area contributed by atoms with Crippen LogP contribution in [0.25, 0.3) is 10.9 Å². The van der Waals surface area contributed by atoms with E-state index in [1.54, 1.807) is 13.3 Å². The number of aromatic nitrogens is 1. The number of nitrogens with zero attached hydrogens (tertiary/aromatic N) is 2. The van der Waals surface area contributed by atoms with Crippen molar-refractivity contribution in [1.82, 2.24) is 9.88 Å². The Balaban J connectivity index is 1.05. The van der Waals surface area contributed by atoms with Crippen LogP contribution in [0.5, 0.6) is 23.0 Å². The molecule has 3 aliphatic rings. The number of methoxy groups -OCH3 is 1. The van der Waals surface area contributed by atoms with E-state index in [4.69, 9.17) is 30.5 Å². The molecule has 0 amide bonds. The molecule has 2 unspecified atom stereocenters. The molecule has 8 heteroatoms. The fraction of sp³-hybridized carbons (Fsp3) is 0.423. The normalized spacial score (nSPS) is 24.0. The maximum atomic E-state index is 10.8. The van der Waals surface area contributed by atoms with Crippen molar-refractivity contribution in [2.75, 3.05) is 46.6 Å². The Bertz CT molecular complexity index is 1210. The lowest BCUT2D eigenvalue weighted by molar-refractivity contribution is 0.113. The highest BCUT2D eigenvalue weighted by Gasteiger charge is 2.55. The average Bonchev–Trinajstić information content (AvgIpc) is 3.32. The molecule has 2 aromatic carbocycles. The van der Waals surface area contributed by atoms with Crippen LogP contribution in [0.2, 0.25) is 5.02 Å². The number of benzene rings is 2. The Morgan fingerprint density at radius 3 is 2.71 bits per heavy atom. The molecule has 1 saturated carbocycles. The van der Waals surface area contributed by atoms with Gasteiger partial charge < -0.3 is 24.1 Å². The highest BCUT2D eigenvalue weighted by molar-refractivity contribution is 6.33. The van der Waals surface area contributed by atoms with Crippen molar-refractivity contribution in [1.29, 1.82) is 0 Å². The predicted molar refractivity (Wildman–Crippen MR) is 128 cm³/mol. The maximum Gasteiger partial charge on any atom is 0.161 e. The standard InChI is InChI=1S/C26H27ClN2O5/c1-31-16-3-4-22-17(9-16)26(21(27)10-28-22)34-14-20-18-11-29(12-19(18)20)13-23(30)15-2-5-24-25(8-15)33-7-6-32-24/h2-5,8-10,18-20,23,30H,6-7,11-14H2,1H3/t18-,19+,20?,23?. The van der Waals surface area contributed by atoms with Gasteiger partial charge in [-0.25, -0.2) is 0 Å². The number of rotatable bonds is 7. The lowest BCUT2D eigenvalue weighted by atomic mass is 10.1. The van der Waals surface area contributed by atoms with Crippen LogP contribution < -0.4 is 18.9 Å². The molecule has 1 aliphatic carbocycles. The van der Waals surface area contributed by atoms with Gasteiger partial charge in [-0.1, -0.05) is 17.7 Å². The summed E-state index contributed by atoms with van der Waals surface area (Å²) in [5, 5.41) is 12.2. The van der Waals surface area contributed by atoms with Crippen molar-refractivity contribution >= 4 is 22.5 Å². The summed E-state index contributed by atoms with van der Waals surface area (Å²) in [6.45, 7) is 4.29. The molecular formula is C26H27ClN2O5. The molecule has 1 N–H and O–H groups in total. The van der Waals surface area contributed by atoms with Crippen LogP contribution >= 0.6 is 11.6 Å². The fourth-order valence-corrected chi connectivity index (χ4v) is 5.53. The number of piperidine rings is 1. The molecule has 3 aromatic rings. The maximum absolute atomic E-state index is 10.8. The summed E-state index contributed by atoms with van der Waals surface area (Å²) >= 11 is 6.43. The van der Waals surface area contributed by atoms with E-state index in [9.17, 15) is 5.11 Å². The molecule has 6 rings (SSSR count). The van der Waals surface area contributed by atoms with Crippen LogP contribution in [0.3, 0.4) is 0 Å². The minimum atomic E-state index is -0.556. The van der Waals surface area contributed by atoms with Gasteiger partial charge in [-0.3, -0.25) is 9.88 Å². The van der Waals surface area contributed by atoms with Gasteiger partial charge in [0.15, 0.2) is 11.5 Å². The molecule has 1 saturated heterocycles. The zero-order chi connectivity index (χ0) is 23.2. The van der Waals surface area contributed by atoms with Crippen LogP contribution in [0, 0.1) is 17.8 Å². The van der Waals surface area contributed by atoms with Gasteiger partial charge in [0.1, 0.15) is 29.7 Å². The summed E-state index contributed by atoms with van der Waals surface area (Å²) < 4.78 is 22.8. The van der Waals surface area contributed by atoms with E-state index in [-0.39, 0.29) is 0 Å². The second kappa shape index (κ2) is 8.80. The monoisotopic (exact) mass is 482 g/mol. The number of likely N-dealkylation sites (tertiary alicyclic amines) is 1. The highest BCUT2D eigenvalue weighted by Crippen LogP contribution is 2.52. The summed E-state index contributed by atoms with van der Waals surface area (Å²) in [6.07, 6.45) is 1.08. The number of β-amino-alcohol motifs (C(OH)–C–C–N with tert-alkyl or cyclic N) is 1. The SMILES string of the molecule is COc1ccc2ncc(Cl)c(OCC3[C@H]4CN(CC(O)c5ccc6c(c5)OCCO6)C[C@@H]34)c2c1. The van der Waals surface area contributed by atoms with Crippen LogP contribution in [0.1, 0.15) is 11.7 Å². The molecule has 2 fully saturated rings. The summed E-state index contributed by atoms with van der Waals surface area (Å²) in [5.74, 6) is 4.56. The number of hydrogen-bond donors (Lipinski definition) is 1. The Morgan fingerprint density at radius 1 is 1.12 bits per heavy atom. The van der Waals surface area contributed by atoms with E-state index < -0.39 is 6.10 Å². The second-order valence-electron chi connectivity index (χ2n) is 9.26. The molecule has 178 valence electrons. The summed E-state index contributed by atoms with van der Waals surface area (Å²) in [4.78, 5) is 6.73. The number of pyridine rings is 1. The van der Waals surface area contributed by atoms with Crippen LogP contribution in [-0.4, -0.2) is 61.6 Å². The van der Waals surface area contributed by atoms with Crippen molar-refractivity contribution in [3.63, 3.8) is 0 Å². The third-order valence-electron chi connectivity index (χ3n) is 7.23. The van der Waals surface area contributed by atoms with Crippen LogP contribution in [0.15, 0.2) is 42.6 Å². The average molecular weight is 483 g/mol. The lowest BCUT2D eigenvalue weighted by Crippen LogP contribution is -2.30. The lowest BCUT2D eigenvalue weighted by Gasteiger charge is -2.24. The summed E-state index contributed by atoms with van der Waals surface area (Å²) in [5.41, 5.74) is 1.69. The van der Waals surface area contributed by atoms with Crippen molar-refractivity contribution in [2.24, 2.45) is 17.8 Å². The Kier molecular flexibility index (Phi) is 5.63. The van der Waals surface area contributed by atoms with E-state index >= 15 is 0 Å². The van der Waals surface area contributed by atoms with Gasteiger partial charge in [-0.15, -0.1) is 0 Å². The molecule has 2 aliphatic heterocycles. The number of aliphatic hydroxyl groups excluding tert-OH is 1.